The van der Waals surface area contributed by atoms with Crippen LogP contribution in [0, 0.1) is 5.92 Å². The first-order valence-electron chi connectivity index (χ1n) is 6.02. The van der Waals surface area contributed by atoms with Crippen molar-refractivity contribution in [2.75, 3.05) is 25.6 Å². The molecule has 96 valence electrons. The lowest BCUT2D eigenvalue weighted by atomic mass is 10.1. The molecule has 4 nitrogen and oxygen atoms in total. The Labute approximate surface area is 103 Å². The van der Waals surface area contributed by atoms with Crippen LogP contribution in [0.2, 0.25) is 0 Å². The lowest BCUT2D eigenvalue weighted by Crippen LogP contribution is -2.31. The van der Waals surface area contributed by atoms with Crippen molar-refractivity contribution in [1.29, 1.82) is 0 Å². The van der Waals surface area contributed by atoms with Crippen molar-refractivity contribution in [1.82, 2.24) is 4.98 Å². The smallest absolute Gasteiger partial charge is 0.169 e. The van der Waals surface area contributed by atoms with Crippen LogP contribution >= 0.6 is 0 Å². The van der Waals surface area contributed by atoms with Crippen molar-refractivity contribution in [3.8, 4) is 5.75 Å². The molecule has 0 saturated carbocycles. The molecule has 1 aromatic heterocycles. The van der Waals surface area contributed by atoms with Gasteiger partial charge in [-0.25, -0.2) is 4.98 Å². The zero-order valence-corrected chi connectivity index (χ0v) is 11.1. The number of hydrogen-bond donors (Lipinski definition) is 1. The Bertz CT molecular complexity index is 329. The highest BCUT2D eigenvalue weighted by molar-refractivity contribution is 5.50. The number of ether oxygens (including phenoxy) is 2. The van der Waals surface area contributed by atoms with E-state index in [1.54, 1.807) is 13.3 Å². The molecule has 0 aromatic carbocycles. The first-order chi connectivity index (χ1) is 8.19. The van der Waals surface area contributed by atoms with E-state index in [-0.39, 0.29) is 6.04 Å². The van der Waals surface area contributed by atoms with Gasteiger partial charge in [0.05, 0.1) is 19.3 Å². The fraction of sp³-hybridized carbons (Fsp3) is 0.615. The molecule has 0 radical (unpaired) electrons. The van der Waals surface area contributed by atoms with E-state index in [2.05, 4.69) is 24.1 Å². The maximum Gasteiger partial charge on any atom is 0.169 e. The molecule has 0 amide bonds. The minimum absolute atomic E-state index is 0.231. The zero-order chi connectivity index (χ0) is 12.7. The van der Waals surface area contributed by atoms with Gasteiger partial charge < -0.3 is 14.8 Å². The Morgan fingerprint density at radius 3 is 2.76 bits per heavy atom. The molecule has 4 heteroatoms. The van der Waals surface area contributed by atoms with E-state index < -0.39 is 0 Å². The van der Waals surface area contributed by atoms with E-state index in [0.717, 1.165) is 11.6 Å². The third-order valence-corrected chi connectivity index (χ3v) is 2.54. The normalized spacial score (nSPS) is 12.5. The van der Waals surface area contributed by atoms with E-state index in [9.17, 15) is 0 Å². The number of methoxy groups -OCH3 is 1. The van der Waals surface area contributed by atoms with Crippen molar-refractivity contribution in [2.45, 2.75) is 26.8 Å². The molecular weight excluding hydrogens is 216 g/mol. The quantitative estimate of drug-likeness (QED) is 0.793. The van der Waals surface area contributed by atoms with E-state index in [4.69, 9.17) is 9.47 Å². The molecule has 0 aliphatic heterocycles. The van der Waals surface area contributed by atoms with E-state index >= 15 is 0 Å². The van der Waals surface area contributed by atoms with Gasteiger partial charge in [-0.2, -0.15) is 0 Å². The number of hydrogen-bond acceptors (Lipinski definition) is 4. The lowest BCUT2D eigenvalue weighted by molar-refractivity contribution is 0.171. The van der Waals surface area contributed by atoms with Crippen LogP contribution in [0.1, 0.15) is 20.8 Å². The summed E-state index contributed by atoms with van der Waals surface area (Å²) in [5.74, 6) is 2.04. The predicted molar refractivity (Wildman–Crippen MR) is 69.5 cm³/mol. The van der Waals surface area contributed by atoms with Crippen LogP contribution in [0.3, 0.4) is 0 Å². The Balaban J connectivity index is 2.77. The lowest BCUT2D eigenvalue weighted by Gasteiger charge is -2.23. The molecular formula is C13H22N2O2. The van der Waals surface area contributed by atoms with Crippen LogP contribution in [0.15, 0.2) is 18.3 Å². The Hall–Kier alpha value is -1.29. The van der Waals surface area contributed by atoms with Crippen molar-refractivity contribution in [3.63, 3.8) is 0 Å². The number of aromatic nitrogens is 1. The molecule has 0 spiro atoms. The Morgan fingerprint density at radius 2 is 2.18 bits per heavy atom. The number of nitrogens with one attached hydrogen (secondary N) is 1. The minimum atomic E-state index is 0.231. The Morgan fingerprint density at radius 1 is 1.41 bits per heavy atom. The fourth-order valence-electron chi connectivity index (χ4n) is 1.53. The van der Waals surface area contributed by atoms with Crippen LogP contribution in [0.5, 0.6) is 5.75 Å². The second kappa shape index (κ2) is 7.12. The summed E-state index contributed by atoms with van der Waals surface area (Å²) in [4.78, 5) is 4.31. The number of pyridine rings is 1. The average Bonchev–Trinajstić information content (AvgIpc) is 2.31. The topological polar surface area (TPSA) is 43.4 Å². The van der Waals surface area contributed by atoms with Crippen molar-refractivity contribution < 1.29 is 9.47 Å². The zero-order valence-electron chi connectivity index (χ0n) is 11.1. The fourth-order valence-corrected chi connectivity index (χ4v) is 1.53. The number of anilines is 1. The number of nitrogens with zero attached hydrogens (tertiary/aromatic N) is 1. The van der Waals surface area contributed by atoms with Crippen LogP contribution < -0.4 is 10.1 Å². The SMILES string of the molecule is CCOc1cccnc1NC(COC)C(C)C. The van der Waals surface area contributed by atoms with Crippen LogP contribution in [-0.2, 0) is 4.74 Å². The average molecular weight is 238 g/mol. The summed E-state index contributed by atoms with van der Waals surface area (Å²) in [6.07, 6.45) is 1.76. The minimum Gasteiger partial charge on any atom is -0.490 e. The second-order valence-corrected chi connectivity index (χ2v) is 4.23. The van der Waals surface area contributed by atoms with E-state index in [1.807, 2.05) is 19.1 Å². The van der Waals surface area contributed by atoms with Gasteiger partial charge in [-0.05, 0) is 25.0 Å². The highest BCUT2D eigenvalue weighted by atomic mass is 16.5. The van der Waals surface area contributed by atoms with Gasteiger partial charge in [0.25, 0.3) is 0 Å². The predicted octanol–water partition coefficient (Wildman–Crippen LogP) is 2.56. The van der Waals surface area contributed by atoms with Gasteiger partial charge in [0, 0.05) is 13.3 Å². The molecule has 0 bridgehead atoms. The first kappa shape index (κ1) is 13.8. The van der Waals surface area contributed by atoms with Crippen molar-refractivity contribution in [2.24, 2.45) is 5.92 Å². The van der Waals surface area contributed by atoms with Gasteiger partial charge in [0.15, 0.2) is 11.6 Å². The molecule has 0 fully saturated rings. The second-order valence-electron chi connectivity index (χ2n) is 4.23. The molecule has 0 aliphatic carbocycles. The van der Waals surface area contributed by atoms with E-state index in [1.165, 1.54) is 0 Å². The van der Waals surface area contributed by atoms with Crippen molar-refractivity contribution >= 4 is 5.82 Å². The number of rotatable bonds is 7. The monoisotopic (exact) mass is 238 g/mol. The molecule has 1 N–H and O–H groups in total. The van der Waals surface area contributed by atoms with Gasteiger partial charge in [-0.3, -0.25) is 0 Å². The molecule has 17 heavy (non-hydrogen) atoms. The summed E-state index contributed by atoms with van der Waals surface area (Å²) in [6.45, 7) is 7.56. The van der Waals surface area contributed by atoms with Gasteiger partial charge in [0.1, 0.15) is 0 Å². The van der Waals surface area contributed by atoms with Crippen molar-refractivity contribution in [3.05, 3.63) is 18.3 Å². The summed E-state index contributed by atoms with van der Waals surface area (Å²) in [7, 11) is 1.71. The largest absolute Gasteiger partial charge is 0.490 e. The van der Waals surface area contributed by atoms with Gasteiger partial charge in [-0.1, -0.05) is 13.8 Å². The summed E-state index contributed by atoms with van der Waals surface area (Å²) in [5, 5.41) is 3.37. The molecule has 0 saturated heterocycles. The van der Waals surface area contributed by atoms with Crippen LogP contribution in [0.4, 0.5) is 5.82 Å². The summed E-state index contributed by atoms with van der Waals surface area (Å²) >= 11 is 0. The molecule has 0 aliphatic rings. The third kappa shape index (κ3) is 4.23. The van der Waals surface area contributed by atoms with Gasteiger partial charge in [0.2, 0.25) is 0 Å². The molecule has 1 unspecified atom stereocenters. The maximum atomic E-state index is 5.53. The maximum absolute atomic E-state index is 5.53. The first-order valence-corrected chi connectivity index (χ1v) is 6.02. The highest BCUT2D eigenvalue weighted by Gasteiger charge is 2.15. The van der Waals surface area contributed by atoms with Gasteiger partial charge in [-0.15, -0.1) is 0 Å². The Kier molecular flexibility index (Phi) is 5.77. The molecule has 1 aromatic rings. The van der Waals surface area contributed by atoms with Crippen LogP contribution in [0.25, 0.3) is 0 Å². The van der Waals surface area contributed by atoms with E-state index in [0.29, 0.717) is 19.1 Å². The summed E-state index contributed by atoms with van der Waals surface area (Å²) in [5.41, 5.74) is 0. The molecule has 1 rings (SSSR count). The highest BCUT2D eigenvalue weighted by Crippen LogP contribution is 2.22. The summed E-state index contributed by atoms with van der Waals surface area (Å²) < 4.78 is 10.7. The standard InChI is InChI=1S/C13H22N2O2/c1-5-17-12-7-6-8-14-13(12)15-11(9-16-4)10(2)3/h6-8,10-11H,5,9H2,1-4H3,(H,14,15). The molecule has 1 atom stereocenters. The van der Waals surface area contributed by atoms with Crippen LogP contribution in [-0.4, -0.2) is 31.3 Å². The summed E-state index contributed by atoms with van der Waals surface area (Å²) in [6, 6.07) is 4.02. The van der Waals surface area contributed by atoms with Gasteiger partial charge >= 0.3 is 0 Å². The molecule has 1 heterocycles. The third-order valence-electron chi connectivity index (χ3n) is 2.54.